The van der Waals surface area contributed by atoms with Gasteiger partial charge in [0.15, 0.2) is 11.9 Å². The van der Waals surface area contributed by atoms with Crippen LogP contribution in [0.5, 0.6) is 0 Å². The molecular formula is C14H23NNaO16P. The van der Waals surface area contributed by atoms with Crippen LogP contribution in [-0.2, 0) is 33.0 Å². The number of rotatable bonds is 9. The van der Waals surface area contributed by atoms with E-state index in [1.165, 1.54) is 0 Å². The summed E-state index contributed by atoms with van der Waals surface area (Å²) in [6.45, 7) is 0.347. The number of hydrogen-bond donors (Lipinski definition) is 9. The van der Waals surface area contributed by atoms with Crippen molar-refractivity contribution >= 4 is 31.6 Å². The SMILES string of the molecule is CC(=O)N[C@H]1C(O)O[C@H](COP(=O)([O-])O)[C@@H](O)[C@@H]1O.O=C(O)CC(O)(CC(=O)O)C(=O)O.[Na+]. The topological polar surface area (TPSA) is 301 Å². The summed E-state index contributed by atoms with van der Waals surface area (Å²) in [4.78, 5) is 60.1. The van der Waals surface area contributed by atoms with Crippen LogP contribution < -0.4 is 39.8 Å². The molecule has 1 fully saturated rings. The van der Waals surface area contributed by atoms with Crippen molar-refractivity contribution in [1.82, 2.24) is 5.32 Å². The van der Waals surface area contributed by atoms with Crippen molar-refractivity contribution in [2.75, 3.05) is 6.61 Å². The van der Waals surface area contributed by atoms with Crippen molar-refractivity contribution < 1.29 is 108 Å². The second-order valence-corrected chi connectivity index (χ2v) is 7.71. The molecule has 1 heterocycles. The molecule has 0 radical (unpaired) electrons. The third-order valence-electron chi connectivity index (χ3n) is 3.78. The van der Waals surface area contributed by atoms with Crippen molar-refractivity contribution in [3.8, 4) is 0 Å². The number of carboxylic acids is 3. The Balaban J connectivity index is 0. The molecule has 1 rings (SSSR count). The third kappa shape index (κ3) is 12.7. The van der Waals surface area contributed by atoms with Gasteiger partial charge >= 0.3 is 47.5 Å². The van der Waals surface area contributed by atoms with Crippen molar-refractivity contribution in [2.24, 2.45) is 0 Å². The molecule has 186 valence electrons. The normalized spacial score (nSPS) is 26.5. The molecule has 1 amide bonds. The summed E-state index contributed by atoms with van der Waals surface area (Å²) >= 11 is 0. The molecule has 1 aliphatic heterocycles. The second-order valence-electron chi connectivity index (χ2n) is 6.51. The average molecular weight is 515 g/mol. The fraction of sp³-hybridized carbons (Fsp3) is 0.714. The van der Waals surface area contributed by atoms with Crippen LogP contribution in [0.25, 0.3) is 0 Å². The fourth-order valence-electron chi connectivity index (χ4n) is 2.36. The number of nitrogens with one attached hydrogen (secondary N) is 1. The second kappa shape index (κ2) is 14.2. The zero-order valence-corrected chi connectivity index (χ0v) is 20.2. The van der Waals surface area contributed by atoms with Crippen molar-refractivity contribution in [3.05, 3.63) is 0 Å². The van der Waals surface area contributed by atoms with E-state index in [0.29, 0.717) is 0 Å². The maximum absolute atomic E-state index is 10.8. The number of phosphoric ester groups is 1. The van der Waals surface area contributed by atoms with E-state index in [-0.39, 0.29) is 29.6 Å². The molecule has 6 atom stereocenters. The molecule has 0 saturated carbocycles. The van der Waals surface area contributed by atoms with Crippen LogP contribution in [0.3, 0.4) is 0 Å². The summed E-state index contributed by atoms with van der Waals surface area (Å²) in [6, 6.07) is -1.27. The predicted molar refractivity (Wildman–Crippen MR) is 93.4 cm³/mol. The Labute approximate surface area is 207 Å². The maximum atomic E-state index is 10.8. The van der Waals surface area contributed by atoms with Gasteiger partial charge in [0.1, 0.15) is 24.4 Å². The van der Waals surface area contributed by atoms with E-state index in [1.54, 1.807) is 0 Å². The van der Waals surface area contributed by atoms with Crippen molar-refractivity contribution in [2.45, 2.75) is 56.0 Å². The van der Waals surface area contributed by atoms with Crippen LogP contribution in [0.15, 0.2) is 0 Å². The monoisotopic (exact) mass is 515 g/mol. The van der Waals surface area contributed by atoms with Gasteiger partial charge in [-0.15, -0.1) is 0 Å². The number of amides is 1. The quantitative estimate of drug-likeness (QED) is 0.102. The van der Waals surface area contributed by atoms with E-state index in [0.717, 1.165) is 6.92 Å². The summed E-state index contributed by atoms with van der Waals surface area (Å²) in [5, 5.41) is 64.8. The number of carbonyl (C=O) groups is 4. The largest absolute Gasteiger partial charge is 1.00 e. The zero-order valence-electron chi connectivity index (χ0n) is 17.3. The summed E-state index contributed by atoms with van der Waals surface area (Å²) in [7, 11) is -5.01. The smallest absolute Gasteiger partial charge is 0.756 e. The van der Waals surface area contributed by atoms with Gasteiger partial charge in [0.05, 0.1) is 19.4 Å². The molecule has 33 heavy (non-hydrogen) atoms. The van der Waals surface area contributed by atoms with Gasteiger partial charge < -0.3 is 60.1 Å². The molecule has 1 saturated heterocycles. The predicted octanol–water partition coefficient (Wildman–Crippen LogP) is -7.84. The van der Waals surface area contributed by atoms with E-state index >= 15 is 0 Å². The molecule has 2 unspecified atom stereocenters. The zero-order chi connectivity index (χ0) is 25.4. The maximum Gasteiger partial charge on any atom is 1.00 e. The minimum Gasteiger partial charge on any atom is -0.756 e. The Morgan fingerprint density at radius 2 is 1.52 bits per heavy atom. The Morgan fingerprint density at radius 3 is 1.85 bits per heavy atom. The van der Waals surface area contributed by atoms with Crippen LogP contribution in [0, 0.1) is 0 Å². The van der Waals surface area contributed by atoms with Crippen LogP contribution in [0.1, 0.15) is 19.8 Å². The van der Waals surface area contributed by atoms with Gasteiger partial charge in [-0.2, -0.15) is 0 Å². The molecule has 0 bridgehead atoms. The Kier molecular flexibility index (Phi) is 14.7. The number of carbonyl (C=O) groups excluding carboxylic acids is 1. The minimum atomic E-state index is -5.01. The molecule has 0 spiro atoms. The number of aliphatic hydroxyl groups excluding tert-OH is 3. The van der Waals surface area contributed by atoms with E-state index in [4.69, 9.17) is 30.1 Å². The third-order valence-corrected chi connectivity index (χ3v) is 4.25. The van der Waals surface area contributed by atoms with Gasteiger partial charge in [-0.25, -0.2) is 4.79 Å². The molecule has 0 aliphatic carbocycles. The van der Waals surface area contributed by atoms with E-state index in [9.17, 15) is 44.0 Å². The average Bonchev–Trinajstić information content (AvgIpc) is 2.58. The van der Waals surface area contributed by atoms with Gasteiger partial charge in [-0.3, -0.25) is 18.9 Å². The first-order valence-corrected chi connectivity index (χ1v) is 9.93. The molecule has 0 aromatic heterocycles. The van der Waals surface area contributed by atoms with Crippen LogP contribution in [-0.4, -0.2) is 107 Å². The van der Waals surface area contributed by atoms with Crippen molar-refractivity contribution in [1.29, 1.82) is 0 Å². The standard InChI is InChI=1S/C8H16NO9P.C6H8O7.Na/c1-3(10)9-5-7(12)6(11)4(18-8(5)13)2-17-19(14,15)16;7-3(8)1-6(13,5(11)12)2-4(9)10;/h4-8,11-13H,2H2,1H3,(H,9,10)(H2,14,15,16);13H,1-2H2,(H,7,8)(H,9,10)(H,11,12);/q;;+1/p-1/t4-,5-,6-,7-,8?;;/m1../s1. The van der Waals surface area contributed by atoms with Crippen LogP contribution in [0.4, 0.5) is 0 Å². The van der Waals surface area contributed by atoms with Crippen molar-refractivity contribution in [3.63, 3.8) is 0 Å². The summed E-state index contributed by atoms with van der Waals surface area (Å²) in [6.07, 6.45) is -8.55. The number of aliphatic carboxylic acids is 3. The first-order valence-electron chi connectivity index (χ1n) is 8.44. The Morgan fingerprint density at radius 1 is 1.06 bits per heavy atom. The Bertz CT molecular complexity index is 727. The molecule has 1 aliphatic rings. The molecular weight excluding hydrogens is 492 g/mol. The number of hydrogen-bond acceptors (Lipinski definition) is 12. The minimum absolute atomic E-state index is 0. The summed E-state index contributed by atoms with van der Waals surface area (Å²) in [5.74, 6) is -5.58. The van der Waals surface area contributed by atoms with Crippen LogP contribution in [0.2, 0.25) is 0 Å². The van der Waals surface area contributed by atoms with Gasteiger partial charge in [-0.1, -0.05) is 0 Å². The number of ether oxygens (including phenoxy) is 1. The molecule has 9 N–H and O–H groups in total. The van der Waals surface area contributed by atoms with Gasteiger partial charge in [0.2, 0.25) is 5.91 Å². The first kappa shape index (κ1) is 34.0. The van der Waals surface area contributed by atoms with Gasteiger partial charge in [0, 0.05) is 6.92 Å². The number of aliphatic hydroxyl groups is 4. The fourth-order valence-corrected chi connectivity index (χ4v) is 2.69. The molecule has 0 aromatic rings. The van der Waals surface area contributed by atoms with E-state index in [1.807, 2.05) is 0 Å². The van der Waals surface area contributed by atoms with E-state index in [2.05, 4.69) is 9.84 Å². The first-order chi connectivity index (χ1) is 14.4. The molecule has 0 aromatic carbocycles. The van der Waals surface area contributed by atoms with Crippen LogP contribution >= 0.6 is 7.82 Å². The van der Waals surface area contributed by atoms with Gasteiger partial charge in [0.25, 0.3) is 7.82 Å². The van der Waals surface area contributed by atoms with E-state index < -0.39 is 87.3 Å². The molecule has 19 heteroatoms. The Hall–Kier alpha value is -1.21. The summed E-state index contributed by atoms with van der Waals surface area (Å²) < 4.78 is 19.2. The van der Waals surface area contributed by atoms with Gasteiger partial charge in [-0.05, 0) is 0 Å². The molecule has 17 nitrogen and oxygen atoms in total. The summed E-state index contributed by atoms with van der Waals surface area (Å²) in [5.41, 5.74) is -2.74. The number of carboxylic acid groups (broad SMARTS) is 3. The number of phosphoric acid groups is 1.